The van der Waals surface area contributed by atoms with Gasteiger partial charge in [-0.15, -0.1) is 6.58 Å². The summed E-state index contributed by atoms with van der Waals surface area (Å²) in [6, 6.07) is 0.244. The number of amides is 1. The van der Waals surface area contributed by atoms with E-state index < -0.39 is 38.4 Å². The standard InChI is InChI=1S/C17H18F6N2O3S/c1-2-3-4-15(26)24-5-7-25(8-6-24)29(27,28)14-10-12(16(18,19)20)9-13(11-14)17(21,22)23/h2,9-11H,1,3-8H2. The van der Waals surface area contributed by atoms with Gasteiger partial charge in [0.05, 0.1) is 16.0 Å². The number of halogens is 6. The van der Waals surface area contributed by atoms with Crippen molar-refractivity contribution < 1.29 is 39.6 Å². The minimum absolute atomic E-state index is 0.0136. The average Bonchev–Trinajstić information content (AvgIpc) is 2.64. The second kappa shape index (κ2) is 8.34. The summed E-state index contributed by atoms with van der Waals surface area (Å²) in [4.78, 5) is 12.3. The molecule has 0 saturated carbocycles. The highest BCUT2D eigenvalue weighted by molar-refractivity contribution is 7.89. The molecule has 0 N–H and O–H groups in total. The summed E-state index contributed by atoms with van der Waals surface area (Å²) in [5, 5.41) is 0. The largest absolute Gasteiger partial charge is 0.416 e. The van der Waals surface area contributed by atoms with Crippen LogP contribution in [-0.4, -0.2) is 49.7 Å². The maximum atomic E-state index is 13.0. The highest BCUT2D eigenvalue weighted by atomic mass is 32.2. The summed E-state index contributed by atoms with van der Waals surface area (Å²) in [6.07, 6.45) is -8.14. The van der Waals surface area contributed by atoms with Crippen molar-refractivity contribution in [2.24, 2.45) is 0 Å². The molecule has 0 unspecified atom stereocenters. The maximum Gasteiger partial charge on any atom is 0.416 e. The number of alkyl halides is 6. The van der Waals surface area contributed by atoms with Crippen molar-refractivity contribution in [3.63, 3.8) is 0 Å². The number of carbonyl (C=O) groups is 1. The van der Waals surface area contributed by atoms with Crippen LogP contribution in [0.2, 0.25) is 0 Å². The van der Waals surface area contributed by atoms with Crippen LogP contribution in [0.1, 0.15) is 24.0 Å². The number of hydrogen-bond acceptors (Lipinski definition) is 3. The number of allylic oxidation sites excluding steroid dienone is 1. The first kappa shape index (κ1) is 23.2. The van der Waals surface area contributed by atoms with Crippen LogP contribution in [0.5, 0.6) is 0 Å². The van der Waals surface area contributed by atoms with Gasteiger partial charge in [-0.05, 0) is 24.6 Å². The molecule has 0 bridgehead atoms. The van der Waals surface area contributed by atoms with Crippen LogP contribution in [0.25, 0.3) is 0 Å². The van der Waals surface area contributed by atoms with E-state index >= 15 is 0 Å². The van der Waals surface area contributed by atoms with Crippen molar-refractivity contribution in [3.05, 3.63) is 42.0 Å². The lowest BCUT2D eigenvalue weighted by molar-refractivity contribution is -0.143. The summed E-state index contributed by atoms with van der Waals surface area (Å²) >= 11 is 0. The minimum atomic E-state index is -5.15. The van der Waals surface area contributed by atoms with E-state index in [-0.39, 0.29) is 56.7 Å². The number of sulfonamides is 1. The molecule has 0 aromatic heterocycles. The second-order valence-corrected chi connectivity index (χ2v) is 8.29. The van der Waals surface area contributed by atoms with Gasteiger partial charge in [-0.3, -0.25) is 4.79 Å². The Morgan fingerprint density at radius 1 is 0.966 bits per heavy atom. The van der Waals surface area contributed by atoms with Crippen LogP contribution in [-0.2, 0) is 27.2 Å². The molecular weight excluding hydrogens is 426 g/mol. The molecule has 2 rings (SSSR count). The first-order valence-electron chi connectivity index (χ1n) is 8.45. The number of nitrogens with zero attached hydrogens (tertiary/aromatic N) is 2. The minimum Gasteiger partial charge on any atom is -0.340 e. The van der Waals surface area contributed by atoms with Crippen LogP contribution < -0.4 is 0 Å². The molecule has 5 nitrogen and oxygen atoms in total. The Morgan fingerprint density at radius 3 is 1.86 bits per heavy atom. The van der Waals surface area contributed by atoms with Gasteiger partial charge in [0.25, 0.3) is 0 Å². The van der Waals surface area contributed by atoms with E-state index in [1.165, 1.54) is 4.90 Å². The SMILES string of the molecule is C=CCCC(=O)N1CCN(S(=O)(=O)c2cc(C(F)(F)F)cc(C(F)(F)F)c2)CC1. The Labute approximate surface area is 163 Å². The van der Waals surface area contributed by atoms with Crippen LogP contribution >= 0.6 is 0 Å². The van der Waals surface area contributed by atoms with E-state index in [0.29, 0.717) is 6.42 Å². The molecular formula is C17H18F6N2O3S. The molecule has 1 aromatic carbocycles. The third-order valence-corrected chi connectivity index (χ3v) is 6.23. The molecule has 0 spiro atoms. The van der Waals surface area contributed by atoms with Crippen molar-refractivity contribution in [3.8, 4) is 0 Å². The van der Waals surface area contributed by atoms with Gasteiger partial charge >= 0.3 is 12.4 Å². The van der Waals surface area contributed by atoms with Crippen molar-refractivity contribution >= 4 is 15.9 Å². The summed E-state index contributed by atoms with van der Waals surface area (Å²) < 4.78 is 104. The van der Waals surface area contributed by atoms with Crippen LogP contribution in [0.3, 0.4) is 0 Å². The quantitative estimate of drug-likeness (QED) is 0.516. The lowest BCUT2D eigenvalue weighted by Crippen LogP contribution is -2.50. The van der Waals surface area contributed by atoms with Gasteiger partial charge in [0.2, 0.25) is 15.9 Å². The first-order valence-corrected chi connectivity index (χ1v) is 9.89. The number of piperazine rings is 1. The summed E-state index contributed by atoms with van der Waals surface area (Å²) in [5.74, 6) is -0.236. The predicted molar refractivity (Wildman–Crippen MR) is 91.2 cm³/mol. The lowest BCUT2D eigenvalue weighted by Gasteiger charge is -2.34. The fraction of sp³-hybridized carbons (Fsp3) is 0.471. The van der Waals surface area contributed by atoms with Crippen LogP contribution in [0, 0.1) is 0 Å². The molecule has 1 fully saturated rings. The van der Waals surface area contributed by atoms with E-state index in [4.69, 9.17) is 0 Å². The van der Waals surface area contributed by atoms with Crippen molar-refractivity contribution in [1.29, 1.82) is 0 Å². The zero-order valence-corrected chi connectivity index (χ0v) is 15.9. The number of carbonyl (C=O) groups excluding carboxylic acids is 1. The van der Waals surface area contributed by atoms with Gasteiger partial charge in [-0.25, -0.2) is 8.42 Å². The van der Waals surface area contributed by atoms with Gasteiger partial charge in [-0.1, -0.05) is 6.08 Å². The number of benzene rings is 1. The molecule has 29 heavy (non-hydrogen) atoms. The molecule has 1 amide bonds. The second-order valence-electron chi connectivity index (χ2n) is 6.35. The highest BCUT2D eigenvalue weighted by Gasteiger charge is 2.39. The van der Waals surface area contributed by atoms with E-state index in [1.807, 2.05) is 0 Å². The molecule has 1 aliphatic rings. The molecule has 1 aliphatic heterocycles. The van der Waals surface area contributed by atoms with Crippen molar-refractivity contribution in [2.75, 3.05) is 26.2 Å². The fourth-order valence-corrected chi connectivity index (χ4v) is 4.28. The molecule has 1 aromatic rings. The Morgan fingerprint density at radius 2 is 1.45 bits per heavy atom. The summed E-state index contributed by atoms with van der Waals surface area (Å²) in [5.41, 5.74) is -3.41. The zero-order chi connectivity index (χ0) is 22.0. The fourth-order valence-electron chi connectivity index (χ4n) is 2.79. The smallest absolute Gasteiger partial charge is 0.340 e. The zero-order valence-electron chi connectivity index (χ0n) is 15.1. The third-order valence-electron chi connectivity index (χ3n) is 4.35. The predicted octanol–water partition coefficient (Wildman–Crippen LogP) is 3.52. The Kier molecular flexibility index (Phi) is 6.68. The van der Waals surface area contributed by atoms with Crippen LogP contribution in [0.4, 0.5) is 26.3 Å². The van der Waals surface area contributed by atoms with Gasteiger partial charge < -0.3 is 4.90 Å². The summed E-state index contributed by atoms with van der Waals surface area (Å²) in [7, 11) is -4.61. The Bertz CT molecular complexity index is 840. The Hall–Kier alpha value is -2.08. The topological polar surface area (TPSA) is 57.7 Å². The molecule has 0 atom stereocenters. The average molecular weight is 444 g/mol. The van der Waals surface area contributed by atoms with E-state index in [9.17, 15) is 39.6 Å². The molecule has 1 saturated heterocycles. The molecule has 0 radical (unpaired) electrons. The monoisotopic (exact) mass is 444 g/mol. The molecule has 12 heteroatoms. The van der Waals surface area contributed by atoms with E-state index in [0.717, 1.165) is 4.31 Å². The van der Waals surface area contributed by atoms with Crippen molar-refractivity contribution in [1.82, 2.24) is 9.21 Å². The summed E-state index contributed by atoms with van der Waals surface area (Å²) in [6.45, 7) is 2.99. The number of rotatable bonds is 5. The normalized spacial score (nSPS) is 16.7. The molecule has 0 aliphatic carbocycles. The third kappa shape index (κ3) is 5.50. The molecule has 162 valence electrons. The highest BCUT2D eigenvalue weighted by Crippen LogP contribution is 2.37. The van der Waals surface area contributed by atoms with Crippen LogP contribution in [0.15, 0.2) is 35.7 Å². The van der Waals surface area contributed by atoms with E-state index in [1.54, 1.807) is 6.08 Å². The van der Waals surface area contributed by atoms with Crippen molar-refractivity contribution in [2.45, 2.75) is 30.1 Å². The first-order chi connectivity index (χ1) is 13.3. The van der Waals surface area contributed by atoms with Gasteiger partial charge in [0.1, 0.15) is 0 Å². The van der Waals surface area contributed by atoms with E-state index in [2.05, 4.69) is 6.58 Å². The maximum absolute atomic E-state index is 13.0. The lowest BCUT2D eigenvalue weighted by atomic mass is 10.1. The van der Waals surface area contributed by atoms with Gasteiger partial charge in [-0.2, -0.15) is 30.6 Å². The number of hydrogen-bond donors (Lipinski definition) is 0. The van der Waals surface area contributed by atoms with Gasteiger partial charge in [0.15, 0.2) is 0 Å². The van der Waals surface area contributed by atoms with Gasteiger partial charge in [0, 0.05) is 32.6 Å². The molecule has 1 heterocycles. The Balaban J connectivity index is 2.30.